The summed E-state index contributed by atoms with van der Waals surface area (Å²) in [5.41, 5.74) is 1.01. The molecule has 0 radical (unpaired) electrons. The lowest BCUT2D eigenvalue weighted by atomic mass is 10.1. The van der Waals surface area contributed by atoms with E-state index in [1.807, 2.05) is 6.92 Å². The van der Waals surface area contributed by atoms with Crippen molar-refractivity contribution in [1.82, 2.24) is 4.90 Å². The van der Waals surface area contributed by atoms with E-state index in [1.54, 1.807) is 36.4 Å². The third-order valence-corrected chi connectivity index (χ3v) is 5.20. The summed E-state index contributed by atoms with van der Waals surface area (Å²) in [6.45, 7) is 1.77. The molecule has 1 aliphatic heterocycles. The summed E-state index contributed by atoms with van der Waals surface area (Å²) in [4.78, 5) is 36.9. The van der Waals surface area contributed by atoms with Crippen LogP contribution in [-0.4, -0.2) is 42.3 Å². The Morgan fingerprint density at radius 1 is 1.13 bits per heavy atom. The van der Waals surface area contributed by atoms with Gasteiger partial charge in [0.2, 0.25) is 0 Å². The number of rotatable bonds is 8. The number of halogens is 1. The van der Waals surface area contributed by atoms with E-state index in [1.165, 1.54) is 19.3 Å². The normalized spacial score (nSPS) is 14.8. The number of benzene rings is 2. The lowest BCUT2D eigenvalue weighted by Gasteiger charge is -2.13. The van der Waals surface area contributed by atoms with Crippen molar-refractivity contribution in [2.24, 2.45) is 0 Å². The number of carbonyl (C=O) groups excluding carboxylic acids is 3. The van der Waals surface area contributed by atoms with E-state index in [-0.39, 0.29) is 17.3 Å². The van der Waals surface area contributed by atoms with Crippen molar-refractivity contribution in [2.75, 3.05) is 20.3 Å². The van der Waals surface area contributed by atoms with Gasteiger partial charge in [-0.3, -0.25) is 19.3 Å². The van der Waals surface area contributed by atoms with E-state index in [0.717, 1.165) is 16.7 Å². The van der Waals surface area contributed by atoms with E-state index in [9.17, 15) is 18.8 Å². The minimum atomic E-state index is -0.682. The fraction of sp³-hybridized carbons (Fsp3) is 0.227. The Hall–Kier alpha value is -3.33. The van der Waals surface area contributed by atoms with Gasteiger partial charge < -0.3 is 14.2 Å². The highest BCUT2D eigenvalue weighted by atomic mass is 32.2. The average Bonchev–Trinajstić information content (AvgIpc) is 3.01. The largest absolute Gasteiger partial charge is 0.490 e. The fourth-order valence-corrected chi connectivity index (χ4v) is 3.59. The Balaban J connectivity index is 1.79. The second-order valence-electron chi connectivity index (χ2n) is 6.36. The molecule has 0 aliphatic carbocycles. The minimum Gasteiger partial charge on any atom is -0.490 e. The van der Waals surface area contributed by atoms with E-state index in [4.69, 9.17) is 9.47 Å². The van der Waals surface area contributed by atoms with Gasteiger partial charge in [0.05, 0.1) is 18.6 Å². The molecule has 0 aromatic heterocycles. The van der Waals surface area contributed by atoms with Crippen LogP contribution in [0, 0.1) is 5.82 Å². The first-order valence-corrected chi connectivity index (χ1v) is 10.2. The number of hydrogen-bond acceptors (Lipinski definition) is 7. The van der Waals surface area contributed by atoms with Crippen LogP contribution in [0.2, 0.25) is 0 Å². The predicted octanol–water partition coefficient (Wildman–Crippen LogP) is 4.01. The highest BCUT2D eigenvalue weighted by Crippen LogP contribution is 2.35. The number of carbonyl (C=O) groups is 3. The molecule has 1 saturated heterocycles. The van der Waals surface area contributed by atoms with Crippen LogP contribution in [0.15, 0.2) is 47.4 Å². The van der Waals surface area contributed by atoms with Gasteiger partial charge >= 0.3 is 5.97 Å². The third kappa shape index (κ3) is 5.43. The Morgan fingerprint density at radius 3 is 2.61 bits per heavy atom. The zero-order chi connectivity index (χ0) is 22.4. The number of imide groups is 1. The molecule has 0 bridgehead atoms. The SMILES string of the molecule is CCOc1cc(/C=C2\SC(=O)N(CC(=O)OC)C2=O)ccc1OCc1ccccc1F. The number of amides is 2. The summed E-state index contributed by atoms with van der Waals surface area (Å²) < 4.78 is 29.7. The van der Waals surface area contributed by atoms with Crippen molar-refractivity contribution in [1.29, 1.82) is 0 Å². The van der Waals surface area contributed by atoms with Gasteiger partial charge in [0.1, 0.15) is 19.0 Å². The Bertz CT molecular complexity index is 1040. The van der Waals surface area contributed by atoms with E-state index in [0.29, 0.717) is 29.2 Å². The molecule has 9 heteroatoms. The molecule has 2 aromatic rings. The van der Waals surface area contributed by atoms with Crippen LogP contribution in [0.4, 0.5) is 9.18 Å². The van der Waals surface area contributed by atoms with Gasteiger partial charge in [0.25, 0.3) is 11.1 Å². The second-order valence-corrected chi connectivity index (χ2v) is 7.36. The molecule has 0 atom stereocenters. The van der Waals surface area contributed by atoms with Crippen LogP contribution in [0.5, 0.6) is 11.5 Å². The molecule has 0 spiro atoms. The molecule has 2 amide bonds. The molecular weight excluding hydrogens is 425 g/mol. The summed E-state index contributed by atoms with van der Waals surface area (Å²) >= 11 is 0.739. The molecule has 2 aromatic carbocycles. The topological polar surface area (TPSA) is 82.1 Å². The Kier molecular flexibility index (Phi) is 7.30. The summed E-state index contributed by atoms with van der Waals surface area (Å²) in [5, 5.41) is -0.545. The van der Waals surface area contributed by atoms with E-state index >= 15 is 0 Å². The van der Waals surface area contributed by atoms with Crippen molar-refractivity contribution in [3.63, 3.8) is 0 Å². The number of esters is 1. The maximum Gasteiger partial charge on any atom is 0.325 e. The number of hydrogen-bond donors (Lipinski definition) is 0. The molecule has 0 saturated carbocycles. The standard InChI is InChI=1S/C22H20FNO6S/c1-3-29-18-10-14(8-9-17(18)30-13-15-6-4-5-7-16(15)23)11-19-21(26)24(22(27)31-19)12-20(25)28-2/h4-11H,3,12-13H2,1-2H3/b19-11-. The lowest BCUT2D eigenvalue weighted by molar-refractivity contribution is -0.143. The van der Waals surface area contributed by atoms with Gasteiger partial charge in [0.15, 0.2) is 11.5 Å². The summed E-state index contributed by atoms with van der Waals surface area (Å²) in [5.74, 6) is -0.779. The number of thioether (sulfide) groups is 1. The van der Waals surface area contributed by atoms with Crippen LogP contribution in [0.25, 0.3) is 6.08 Å². The molecule has 7 nitrogen and oxygen atoms in total. The molecule has 0 N–H and O–H groups in total. The highest BCUT2D eigenvalue weighted by Gasteiger charge is 2.36. The zero-order valence-electron chi connectivity index (χ0n) is 16.9. The van der Waals surface area contributed by atoms with Gasteiger partial charge in [0, 0.05) is 5.56 Å². The van der Waals surface area contributed by atoms with Gasteiger partial charge in [-0.15, -0.1) is 0 Å². The van der Waals surface area contributed by atoms with Crippen molar-refractivity contribution in [3.05, 3.63) is 64.3 Å². The number of ether oxygens (including phenoxy) is 3. The molecule has 1 aliphatic rings. The van der Waals surface area contributed by atoms with Crippen LogP contribution >= 0.6 is 11.8 Å². The van der Waals surface area contributed by atoms with Crippen LogP contribution in [0.1, 0.15) is 18.1 Å². The molecule has 162 valence electrons. The number of methoxy groups -OCH3 is 1. The van der Waals surface area contributed by atoms with Crippen molar-refractivity contribution >= 4 is 35.0 Å². The van der Waals surface area contributed by atoms with Crippen molar-refractivity contribution in [3.8, 4) is 11.5 Å². The van der Waals surface area contributed by atoms with E-state index < -0.39 is 23.7 Å². The van der Waals surface area contributed by atoms with Crippen LogP contribution in [0.3, 0.4) is 0 Å². The quantitative estimate of drug-likeness (QED) is 0.448. The first kappa shape index (κ1) is 22.4. The number of nitrogens with zero attached hydrogens (tertiary/aromatic N) is 1. The van der Waals surface area contributed by atoms with E-state index in [2.05, 4.69) is 4.74 Å². The monoisotopic (exact) mass is 445 g/mol. The van der Waals surface area contributed by atoms with Crippen LogP contribution in [-0.2, 0) is 20.9 Å². The summed E-state index contributed by atoms with van der Waals surface area (Å²) in [6.07, 6.45) is 1.53. The Labute approximate surface area is 182 Å². The van der Waals surface area contributed by atoms with Crippen molar-refractivity contribution < 1.29 is 33.0 Å². The van der Waals surface area contributed by atoms with Gasteiger partial charge in [-0.2, -0.15) is 0 Å². The van der Waals surface area contributed by atoms with Crippen LogP contribution < -0.4 is 9.47 Å². The molecule has 0 unspecified atom stereocenters. The Morgan fingerprint density at radius 2 is 1.90 bits per heavy atom. The highest BCUT2D eigenvalue weighted by molar-refractivity contribution is 8.18. The second kappa shape index (κ2) is 10.1. The summed E-state index contributed by atoms with van der Waals surface area (Å²) in [7, 11) is 1.18. The minimum absolute atomic E-state index is 0.0263. The first-order valence-electron chi connectivity index (χ1n) is 9.38. The first-order chi connectivity index (χ1) is 14.9. The maximum atomic E-state index is 13.8. The molecule has 1 fully saturated rings. The zero-order valence-corrected chi connectivity index (χ0v) is 17.7. The maximum absolute atomic E-state index is 13.8. The smallest absolute Gasteiger partial charge is 0.325 e. The molecule has 3 rings (SSSR count). The molecule has 1 heterocycles. The molecule has 31 heavy (non-hydrogen) atoms. The predicted molar refractivity (Wildman–Crippen MR) is 113 cm³/mol. The van der Waals surface area contributed by atoms with Crippen molar-refractivity contribution in [2.45, 2.75) is 13.5 Å². The fourth-order valence-electron chi connectivity index (χ4n) is 2.75. The lowest BCUT2D eigenvalue weighted by Crippen LogP contribution is -2.34. The average molecular weight is 445 g/mol. The van der Waals surface area contributed by atoms with Gasteiger partial charge in [-0.05, 0) is 48.5 Å². The molecular formula is C22H20FNO6S. The van der Waals surface area contributed by atoms with Gasteiger partial charge in [-0.1, -0.05) is 24.3 Å². The third-order valence-electron chi connectivity index (χ3n) is 4.29. The van der Waals surface area contributed by atoms with Gasteiger partial charge in [-0.25, -0.2) is 4.39 Å². The summed E-state index contributed by atoms with van der Waals surface area (Å²) in [6, 6.07) is 11.3.